The van der Waals surface area contributed by atoms with Gasteiger partial charge in [0.1, 0.15) is 6.04 Å². The lowest BCUT2D eigenvalue weighted by atomic mass is 10.0. The zero-order valence-electron chi connectivity index (χ0n) is 14.2. The van der Waals surface area contributed by atoms with Gasteiger partial charge in [-0.1, -0.05) is 48.5 Å². The van der Waals surface area contributed by atoms with Gasteiger partial charge in [0.25, 0.3) is 5.91 Å². The summed E-state index contributed by atoms with van der Waals surface area (Å²) in [5.41, 5.74) is 1.58. The maximum atomic E-state index is 12.8. The molecule has 126 valence electrons. The van der Waals surface area contributed by atoms with Crippen molar-refractivity contribution in [2.24, 2.45) is 0 Å². The van der Waals surface area contributed by atoms with Gasteiger partial charge >= 0.3 is 0 Å². The summed E-state index contributed by atoms with van der Waals surface area (Å²) in [6, 6.07) is 18.2. The van der Waals surface area contributed by atoms with Gasteiger partial charge in [0.15, 0.2) is 0 Å². The van der Waals surface area contributed by atoms with Crippen molar-refractivity contribution in [1.82, 2.24) is 10.2 Å². The predicted molar refractivity (Wildman–Crippen MR) is 95.8 cm³/mol. The van der Waals surface area contributed by atoms with E-state index < -0.39 is 6.04 Å². The Bertz CT molecular complexity index is 652. The van der Waals surface area contributed by atoms with Gasteiger partial charge in [-0.25, -0.2) is 0 Å². The molecule has 1 N–H and O–H groups in total. The van der Waals surface area contributed by atoms with Crippen molar-refractivity contribution in [2.75, 3.05) is 13.1 Å². The molecule has 0 radical (unpaired) electrons. The molecule has 0 fully saturated rings. The maximum Gasteiger partial charge on any atom is 0.251 e. The number of rotatable bonds is 7. The van der Waals surface area contributed by atoms with Crippen LogP contribution in [0.2, 0.25) is 0 Å². The third-order valence-corrected chi connectivity index (χ3v) is 4.00. The molecule has 1 unspecified atom stereocenters. The molecule has 0 aliphatic rings. The van der Waals surface area contributed by atoms with E-state index in [4.69, 9.17) is 0 Å². The fourth-order valence-electron chi connectivity index (χ4n) is 2.64. The molecule has 0 saturated carbocycles. The molecule has 0 aromatic heterocycles. The van der Waals surface area contributed by atoms with Crippen LogP contribution in [0.4, 0.5) is 0 Å². The largest absolute Gasteiger partial charge is 0.341 e. The highest BCUT2D eigenvalue weighted by atomic mass is 16.2. The van der Waals surface area contributed by atoms with Crippen LogP contribution < -0.4 is 5.32 Å². The quantitative estimate of drug-likeness (QED) is 0.851. The second-order valence-electron chi connectivity index (χ2n) is 5.59. The number of likely N-dealkylation sites (N-methyl/N-ethyl adjacent to an activating group) is 1. The van der Waals surface area contributed by atoms with Crippen LogP contribution in [0.1, 0.15) is 29.8 Å². The second-order valence-corrected chi connectivity index (χ2v) is 5.59. The smallest absolute Gasteiger partial charge is 0.251 e. The Balaban J connectivity index is 2.18. The first-order valence-electron chi connectivity index (χ1n) is 8.34. The Hall–Kier alpha value is -2.62. The summed E-state index contributed by atoms with van der Waals surface area (Å²) in [7, 11) is 0. The second kappa shape index (κ2) is 8.87. The Morgan fingerprint density at radius 1 is 0.917 bits per heavy atom. The fourth-order valence-corrected chi connectivity index (χ4v) is 2.64. The van der Waals surface area contributed by atoms with Gasteiger partial charge in [0.05, 0.1) is 0 Å². The number of carbonyl (C=O) groups excluding carboxylic acids is 2. The van der Waals surface area contributed by atoms with Crippen LogP contribution in [0.5, 0.6) is 0 Å². The molecular weight excluding hydrogens is 300 g/mol. The summed E-state index contributed by atoms with van der Waals surface area (Å²) in [6.07, 6.45) is 0.481. The van der Waals surface area contributed by atoms with Crippen LogP contribution in [-0.4, -0.2) is 35.8 Å². The first kappa shape index (κ1) is 17.7. The minimum atomic E-state index is -0.569. The van der Waals surface area contributed by atoms with Crippen molar-refractivity contribution in [2.45, 2.75) is 26.3 Å². The molecule has 0 spiro atoms. The van der Waals surface area contributed by atoms with Crippen LogP contribution in [0.3, 0.4) is 0 Å². The van der Waals surface area contributed by atoms with Gasteiger partial charge < -0.3 is 10.2 Å². The molecule has 2 amide bonds. The molecule has 0 aliphatic carbocycles. The number of nitrogens with zero attached hydrogens (tertiary/aromatic N) is 1. The van der Waals surface area contributed by atoms with Crippen molar-refractivity contribution in [1.29, 1.82) is 0 Å². The Morgan fingerprint density at radius 2 is 1.46 bits per heavy atom. The summed E-state index contributed by atoms with van der Waals surface area (Å²) in [6.45, 7) is 5.14. The van der Waals surface area contributed by atoms with Gasteiger partial charge in [0, 0.05) is 25.1 Å². The van der Waals surface area contributed by atoms with Crippen molar-refractivity contribution >= 4 is 11.8 Å². The third-order valence-electron chi connectivity index (χ3n) is 4.00. The lowest BCUT2D eigenvalue weighted by molar-refractivity contribution is -0.132. The van der Waals surface area contributed by atoms with Crippen LogP contribution >= 0.6 is 0 Å². The lowest BCUT2D eigenvalue weighted by Gasteiger charge is -2.26. The number of hydrogen-bond donors (Lipinski definition) is 1. The topological polar surface area (TPSA) is 49.4 Å². The molecule has 2 aromatic carbocycles. The van der Waals surface area contributed by atoms with E-state index in [0.29, 0.717) is 25.1 Å². The molecule has 4 nitrogen and oxygen atoms in total. The first-order valence-corrected chi connectivity index (χ1v) is 8.34. The molecular formula is C20H24N2O2. The number of amides is 2. The van der Waals surface area contributed by atoms with E-state index in [1.165, 1.54) is 0 Å². The van der Waals surface area contributed by atoms with Gasteiger partial charge in [-0.2, -0.15) is 0 Å². The Labute approximate surface area is 143 Å². The van der Waals surface area contributed by atoms with Crippen molar-refractivity contribution in [3.05, 3.63) is 71.8 Å². The number of nitrogens with one attached hydrogen (secondary N) is 1. The van der Waals surface area contributed by atoms with Gasteiger partial charge in [-0.15, -0.1) is 0 Å². The molecule has 0 heterocycles. The molecule has 2 rings (SSSR count). The number of hydrogen-bond acceptors (Lipinski definition) is 2. The van der Waals surface area contributed by atoms with E-state index in [1.54, 1.807) is 17.0 Å². The van der Waals surface area contributed by atoms with Crippen molar-refractivity contribution < 1.29 is 9.59 Å². The lowest BCUT2D eigenvalue weighted by Crippen LogP contribution is -2.49. The van der Waals surface area contributed by atoms with Crippen LogP contribution in [0.25, 0.3) is 0 Å². The highest BCUT2D eigenvalue weighted by Crippen LogP contribution is 2.08. The monoisotopic (exact) mass is 324 g/mol. The maximum absolute atomic E-state index is 12.8. The molecule has 1 atom stereocenters. The number of carbonyl (C=O) groups is 2. The average Bonchev–Trinajstić information content (AvgIpc) is 2.63. The van der Waals surface area contributed by atoms with Crippen LogP contribution in [0, 0.1) is 0 Å². The number of benzene rings is 2. The average molecular weight is 324 g/mol. The minimum absolute atomic E-state index is 0.0480. The molecule has 2 aromatic rings. The zero-order valence-corrected chi connectivity index (χ0v) is 14.2. The zero-order chi connectivity index (χ0) is 17.4. The van der Waals surface area contributed by atoms with E-state index in [-0.39, 0.29) is 11.8 Å². The van der Waals surface area contributed by atoms with E-state index in [0.717, 1.165) is 5.56 Å². The Kier molecular flexibility index (Phi) is 6.55. The van der Waals surface area contributed by atoms with Crippen molar-refractivity contribution in [3.63, 3.8) is 0 Å². The van der Waals surface area contributed by atoms with Gasteiger partial charge in [-0.3, -0.25) is 9.59 Å². The summed E-state index contributed by atoms with van der Waals surface area (Å²) in [5, 5.41) is 2.90. The summed E-state index contributed by atoms with van der Waals surface area (Å²) < 4.78 is 0. The Morgan fingerprint density at radius 3 is 2.00 bits per heavy atom. The predicted octanol–water partition coefficient (Wildman–Crippen LogP) is 2.90. The third kappa shape index (κ3) is 4.69. The first-order chi connectivity index (χ1) is 11.7. The molecule has 4 heteroatoms. The van der Waals surface area contributed by atoms with E-state index in [1.807, 2.05) is 62.4 Å². The summed E-state index contributed by atoms with van der Waals surface area (Å²) >= 11 is 0. The van der Waals surface area contributed by atoms with Crippen LogP contribution in [0.15, 0.2) is 60.7 Å². The summed E-state index contributed by atoms with van der Waals surface area (Å²) in [5.74, 6) is -0.273. The summed E-state index contributed by atoms with van der Waals surface area (Å²) in [4.78, 5) is 27.0. The highest BCUT2D eigenvalue weighted by molar-refractivity contribution is 5.97. The highest BCUT2D eigenvalue weighted by Gasteiger charge is 2.25. The normalized spacial score (nSPS) is 11.6. The minimum Gasteiger partial charge on any atom is -0.341 e. The van der Waals surface area contributed by atoms with Gasteiger partial charge in [0.2, 0.25) is 5.91 Å². The van der Waals surface area contributed by atoms with E-state index >= 15 is 0 Å². The SMILES string of the molecule is CCN(CC)C(=O)C(Cc1ccccc1)NC(=O)c1ccccc1. The fraction of sp³-hybridized carbons (Fsp3) is 0.300. The van der Waals surface area contributed by atoms with E-state index in [9.17, 15) is 9.59 Å². The standard InChI is InChI=1S/C20H24N2O2/c1-3-22(4-2)20(24)18(15-16-11-7-5-8-12-16)21-19(23)17-13-9-6-10-14-17/h5-14,18H,3-4,15H2,1-2H3,(H,21,23). The van der Waals surface area contributed by atoms with Crippen LogP contribution in [-0.2, 0) is 11.2 Å². The molecule has 0 saturated heterocycles. The van der Waals surface area contributed by atoms with Crippen molar-refractivity contribution in [3.8, 4) is 0 Å². The molecule has 0 aliphatic heterocycles. The van der Waals surface area contributed by atoms with E-state index in [2.05, 4.69) is 5.32 Å². The molecule has 0 bridgehead atoms. The molecule has 24 heavy (non-hydrogen) atoms. The van der Waals surface area contributed by atoms with Gasteiger partial charge in [-0.05, 0) is 31.5 Å².